The van der Waals surface area contributed by atoms with Gasteiger partial charge in [0.2, 0.25) is 0 Å². The average molecular weight is 378 g/mol. The number of nitrogens with zero attached hydrogens (tertiary/aromatic N) is 1. The third-order valence-electron chi connectivity index (χ3n) is 3.64. The molecular weight excluding hydrogens is 352 g/mol. The SMILES string of the molecule is CCCCCCCCS(=O)(=O)ONC(=C=Cc1ccccc1OC)C#N. The van der Waals surface area contributed by atoms with Crippen molar-refractivity contribution in [2.24, 2.45) is 0 Å². The molecule has 0 bridgehead atoms. The first-order chi connectivity index (χ1) is 12.5. The van der Waals surface area contributed by atoms with Crippen molar-refractivity contribution in [3.8, 4) is 11.8 Å². The Morgan fingerprint density at radius 3 is 2.58 bits per heavy atom. The first-order valence-electron chi connectivity index (χ1n) is 8.69. The number of hydroxylamine groups is 1. The van der Waals surface area contributed by atoms with Crippen LogP contribution < -0.4 is 10.2 Å². The maximum Gasteiger partial charge on any atom is 0.287 e. The number of unbranched alkanes of at least 4 members (excludes halogenated alkanes) is 5. The van der Waals surface area contributed by atoms with Gasteiger partial charge in [0.05, 0.1) is 12.9 Å². The third kappa shape index (κ3) is 8.72. The van der Waals surface area contributed by atoms with Gasteiger partial charge >= 0.3 is 0 Å². The molecule has 7 heteroatoms. The van der Waals surface area contributed by atoms with Crippen molar-refractivity contribution in [3.63, 3.8) is 0 Å². The second-order valence-corrected chi connectivity index (χ2v) is 7.42. The van der Waals surface area contributed by atoms with E-state index in [0.717, 1.165) is 25.7 Å². The second kappa shape index (κ2) is 12.2. The molecule has 0 radical (unpaired) electrons. The smallest absolute Gasteiger partial charge is 0.287 e. The van der Waals surface area contributed by atoms with Crippen LogP contribution in [0.3, 0.4) is 0 Å². The van der Waals surface area contributed by atoms with Crippen LogP contribution in [-0.2, 0) is 14.4 Å². The number of hydrogen-bond donors (Lipinski definition) is 1. The van der Waals surface area contributed by atoms with E-state index in [0.29, 0.717) is 17.7 Å². The minimum Gasteiger partial charge on any atom is -0.496 e. The fourth-order valence-electron chi connectivity index (χ4n) is 2.23. The minimum absolute atomic E-state index is 0.0823. The second-order valence-electron chi connectivity index (χ2n) is 5.73. The summed E-state index contributed by atoms with van der Waals surface area (Å²) in [7, 11) is -2.20. The van der Waals surface area contributed by atoms with Crippen LogP contribution in [0.15, 0.2) is 35.7 Å². The van der Waals surface area contributed by atoms with Crippen LogP contribution in [0.1, 0.15) is 51.0 Å². The van der Waals surface area contributed by atoms with Gasteiger partial charge in [-0.2, -0.15) is 13.7 Å². The van der Waals surface area contributed by atoms with E-state index in [2.05, 4.69) is 18.1 Å². The molecule has 1 aromatic rings. The molecule has 0 aromatic heterocycles. The van der Waals surface area contributed by atoms with Crippen LogP contribution in [-0.4, -0.2) is 21.3 Å². The molecule has 26 heavy (non-hydrogen) atoms. The number of para-hydroxylation sites is 1. The number of ether oxygens (including phenoxy) is 1. The first kappa shape index (κ1) is 21.8. The van der Waals surface area contributed by atoms with Gasteiger partial charge in [-0.05, 0) is 18.6 Å². The molecule has 0 spiro atoms. The number of nitriles is 1. The largest absolute Gasteiger partial charge is 0.496 e. The molecule has 1 N–H and O–H groups in total. The van der Waals surface area contributed by atoms with Crippen LogP contribution in [0.25, 0.3) is 6.08 Å². The topological polar surface area (TPSA) is 88.4 Å². The van der Waals surface area contributed by atoms with E-state index in [1.165, 1.54) is 19.6 Å². The van der Waals surface area contributed by atoms with Gasteiger partial charge in [-0.3, -0.25) is 0 Å². The number of hydrogen-bond acceptors (Lipinski definition) is 6. The van der Waals surface area contributed by atoms with Gasteiger partial charge in [0, 0.05) is 5.56 Å². The van der Waals surface area contributed by atoms with E-state index in [1.807, 2.05) is 12.1 Å². The molecule has 142 valence electrons. The molecular formula is C19H26N2O4S. The summed E-state index contributed by atoms with van der Waals surface area (Å²) in [6, 6.07) is 9.00. The molecule has 0 saturated carbocycles. The lowest BCUT2D eigenvalue weighted by atomic mass is 10.1. The molecule has 0 heterocycles. The standard InChI is InChI=1S/C19H26N2O4S/c1-3-4-5-6-7-10-15-26(22,23)25-21-18(16-20)14-13-17-11-8-9-12-19(17)24-2/h8-9,11-13,21H,3-7,10,15H2,1-2H3. The lowest BCUT2D eigenvalue weighted by Gasteiger charge is -2.05. The molecule has 6 nitrogen and oxygen atoms in total. The van der Waals surface area contributed by atoms with Gasteiger partial charge in [0.25, 0.3) is 10.1 Å². The van der Waals surface area contributed by atoms with E-state index < -0.39 is 10.1 Å². The zero-order valence-corrected chi connectivity index (χ0v) is 16.1. The molecule has 1 rings (SSSR count). The van der Waals surface area contributed by atoms with Crippen molar-refractivity contribution >= 4 is 16.2 Å². The number of allylic oxidation sites excluding steroid dienone is 1. The quantitative estimate of drug-likeness (QED) is 0.257. The predicted molar refractivity (Wildman–Crippen MR) is 101 cm³/mol. The van der Waals surface area contributed by atoms with Gasteiger partial charge < -0.3 is 4.74 Å². The zero-order valence-electron chi connectivity index (χ0n) is 15.3. The Bertz CT molecular complexity index is 760. The molecule has 0 aliphatic carbocycles. The van der Waals surface area contributed by atoms with Crippen molar-refractivity contribution in [2.45, 2.75) is 45.4 Å². The Labute approximate surface area is 156 Å². The summed E-state index contributed by atoms with van der Waals surface area (Å²) in [6.45, 7) is 2.13. The summed E-state index contributed by atoms with van der Waals surface area (Å²) < 4.78 is 33.6. The molecule has 0 fully saturated rings. The van der Waals surface area contributed by atoms with E-state index in [-0.39, 0.29) is 11.4 Å². The highest BCUT2D eigenvalue weighted by Gasteiger charge is 2.12. The van der Waals surface area contributed by atoms with Gasteiger partial charge in [0.1, 0.15) is 11.8 Å². The molecule has 0 amide bonds. The van der Waals surface area contributed by atoms with Crippen LogP contribution in [0.2, 0.25) is 0 Å². The van der Waals surface area contributed by atoms with Crippen molar-refractivity contribution < 1.29 is 17.4 Å². The van der Waals surface area contributed by atoms with Gasteiger partial charge in [-0.15, -0.1) is 4.28 Å². The molecule has 0 aliphatic rings. The van der Waals surface area contributed by atoms with E-state index in [9.17, 15) is 8.42 Å². The highest BCUT2D eigenvalue weighted by atomic mass is 32.2. The van der Waals surface area contributed by atoms with Crippen LogP contribution in [0.5, 0.6) is 5.75 Å². The maximum atomic E-state index is 11.8. The highest BCUT2D eigenvalue weighted by Crippen LogP contribution is 2.18. The monoisotopic (exact) mass is 378 g/mol. The van der Waals surface area contributed by atoms with Crippen molar-refractivity contribution in [1.82, 2.24) is 5.48 Å². The fourth-order valence-corrected chi connectivity index (χ4v) is 3.08. The lowest BCUT2D eigenvalue weighted by molar-refractivity contribution is 0.241. The zero-order chi connectivity index (χ0) is 19.3. The first-order valence-corrected chi connectivity index (χ1v) is 10.3. The summed E-state index contributed by atoms with van der Waals surface area (Å²) in [5.41, 5.74) is 5.41. The van der Waals surface area contributed by atoms with Gasteiger partial charge in [-0.25, -0.2) is 5.48 Å². The van der Waals surface area contributed by atoms with E-state index >= 15 is 0 Å². The Morgan fingerprint density at radius 2 is 1.88 bits per heavy atom. The molecule has 0 atom stereocenters. The molecule has 1 aromatic carbocycles. The maximum absolute atomic E-state index is 11.8. The van der Waals surface area contributed by atoms with Crippen molar-refractivity contribution in [2.75, 3.05) is 12.9 Å². The Hall–Kier alpha value is -2.26. The van der Waals surface area contributed by atoms with Gasteiger partial charge in [-0.1, -0.05) is 63.0 Å². The fraction of sp³-hybridized carbons (Fsp3) is 0.474. The summed E-state index contributed by atoms with van der Waals surface area (Å²) in [6.07, 6.45) is 7.35. The van der Waals surface area contributed by atoms with Crippen molar-refractivity contribution in [3.05, 3.63) is 41.3 Å². The van der Waals surface area contributed by atoms with Crippen LogP contribution >= 0.6 is 0 Å². The average Bonchev–Trinajstić information content (AvgIpc) is 2.65. The Kier molecular flexibility index (Phi) is 10.2. The van der Waals surface area contributed by atoms with Crippen LogP contribution in [0.4, 0.5) is 0 Å². The molecule has 0 aliphatic heterocycles. The summed E-state index contributed by atoms with van der Waals surface area (Å²) >= 11 is 0. The number of nitrogens with one attached hydrogen (secondary N) is 1. The molecule has 0 unspecified atom stereocenters. The highest BCUT2D eigenvalue weighted by molar-refractivity contribution is 7.86. The van der Waals surface area contributed by atoms with Gasteiger partial charge in [0.15, 0.2) is 5.70 Å². The third-order valence-corrected chi connectivity index (χ3v) is 4.77. The summed E-state index contributed by atoms with van der Waals surface area (Å²) in [5.74, 6) is 0.537. The minimum atomic E-state index is -3.74. The van der Waals surface area contributed by atoms with E-state index in [4.69, 9.17) is 14.3 Å². The normalized spacial score (nSPS) is 10.5. The molecule has 0 saturated heterocycles. The summed E-state index contributed by atoms with van der Waals surface area (Å²) in [5, 5.41) is 9.09. The van der Waals surface area contributed by atoms with Crippen LogP contribution in [0, 0.1) is 11.3 Å². The number of benzene rings is 1. The number of methoxy groups -OCH3 is 1. The van der Waals surface area contributed by atoms with E-state index in [1.54, 1.807) is 18.2 Å². The summed E-state index contributed by atoms with van der Waals surface area (Å²) in [4.78, 5) is 0. The Morgan fingerprint density at radius 1 is 1.19 bits per heavy atom. The number of rotatable bonds is 12. The lowest BCUT2D eigenvalue weighted by Crippen LogP contribution is -2.21. The Balaban J connectivity index is 2.57. The van der Waals surface area contributed by atoms with Crippen molar-refractivity contribution in [1.29, 1.82) is 5.26 Å². The predicted octanol–water partition coefficient (Wildman–Crippen LogP) is 3.93.